The topological polar surface area (TPSA) is 81.8 Å². The number of fused-ring (bicyclic) bond motifs is 1. The summed E-state index contributed by atoms with van der Waals surface area (Å²) in [5, 5.41) is 12.7. The zero-order chi connectivity index (χ0) is 11.5. The summed E-state index contributed by atoms with van der Waals surface area (Å²) in [5.41, 5.74) is 0.202. The summed E-state index contributed by atoms with van der Waals surface area (Å²) < 4.78 is 14.9. The molecular formula is C10H9NO5. The van der Waals surface area contributed by atoms with Crippen LogP contribution in [0.3, 0.4) is 0 Å². The van der Waals surface area contributed by atoms with E-state index in [1.54, 1.807) is 18.2 Å². The minimum Gasteiger partial charge on any atom is -0.476 e. The third-order valence-corrected chi connectivity index (χ3v) is 1.99. The van der Waals surface area contributed by atoms with Crippen molar-refractivity contribution >= 4 is 16.9 Å². The fraction of sp³-hybridized carbons (Fsp3) is 0.200. The third kappa shape index (κ3) is 1.70. The molecule has 0 spiro atoms. The Balaban J connectivity index is 2.54. The van der Waals surface area contributed by atoms with Gasteiger partial charge < -0.3 is 19.1 Å². The van der Waals surface area contributed by atoms with Gasteiger partial charge in [-0.1, -0.05) is 11.2 Å². The smallest absolute Gasteiger partial charge is 0.358 e. The lowest BCUT2D eigenvalue weighted by Gasteiger charge is -2.04. The van der Waals surface area contributed by atoms with E-state index in [2.05, 4.69) is 5.16 Å². The maximum atomic E-state index is 10.9. The summed E-state index contributed by atoms with van der Waals surface area (Å²) >= 11 is 0. The second kappa shape index (κ2) is 4.19. The van der Waals surface area contributed by atoms with E-state index in [4.69, 9.17) is 19.1 Å². The number of carbonyl (C=O) groups is 1. The molecule has 0 unspecified atom stereocenters. The molecule has 0 radical (unpaired) electrons. The highest BCUT2D eigenvalue weighted by Gasteiger charge is 2.18. The van der Waals surface area contributed by atoms with Crippen LogP contribution in [0.1, 0.15) is 10.5 Å². The highest BCUT2D eigenvalue weighted by atomic mass is 16.7. The molecule has 2 rings (SSSR count). The molecule has 84 valence electrons. The van der Waals surface area contributed by atoms with E-state index in [-0.39, 0.29) is 12.5 Å². The second-order valence-electron chi connectivity index (χ2n) is 3.02. The monoisotopic (exact) mass is 223 g/mol. The van der Waals surface area contributed by atoms with Gasteiger partial charge >= 0.3 is 5.97 Å². The molecule has 16 heavy (non-hydrogen) atoms. The minimum absolute atomic E-state index is 0.0311. The summed E-state index contributed by atoms with van der Waals surface area (Å²) in [6.07, 6.45) is 0. The fourth-order valence-electron chi connectivity index (χ4n) is 1.35. The summed E-state index contributed by atoms with van der Waals surface area (Å²) in [6, 6.07) is 4.93. The molecular weight excluding hydrogens is 214 g/mol. The molecule has 6 heteroatoms. The van der Waals surface area contributed by atoms with E-state index < -0.39 is 5.97 Å². The van der Waals surface area contributed by atoms with Crippen LogP contribution in [-0.4, -0.2) is 30.1 Å². The first-order chi connectivity index (χ1) is 7.74. The Bertz CT molecular complexity index is 519. The Morgan fingerprint density at radius 1 is 1.56 bits per heavy atom. The maximum Gasteiger partial charge on any atom is 0.358 e. The van der Waals surface area contributed by atoms with E-state index in [0.717, 1.165) is 0 Å². The first-order valence-electron chi connectivity index (χ1n) is 4.47. The van der Waals surface area contributed by atoms with Gasteiger partial charge in [-0.25, -0.2) is 4.79 Å². The SMILES string of the molecule is COCOc1cccc2onc(C(=O)O)c12. The van der Waals surface area contributed by atoms with Crippen LogP contribution < -0.4 is 4.74 Å². The van der Waals surface area contributed by atoms with Gasteiger partial charge in [0.1, 0.15) is 5.75 Å². The summed E-state index contributed by atoms with van der Waals surface area (Å²) in [4.78, 5) is 10.9. The third-order valence-electron chi connectivity index (χ3n) is 1.99. The van der Waals surface area contributed by atoms with Gasteiger partial charge in [-0.05, 0) is 12.1 Å². The molecule has 1 aromatic heterocycles. The van der Waals surface area contributed by atoms with Crippen molar-refractivity contribution < 1.29 is 23.9 Å². The van der Waals surface area contributed by atoms with Crippen molar-refractivity contribution in [3.63, 3.8) is 0 Å². The number of hydrogen-bond acceptors (Lipinski definition) is 5. The average Bonchev–Trinajstić information content (AvgIpc) is 2.70. The molecule has 0 atom stereocenters. The first-order valence-corrected chi connectivity index (χ1v) is 4.47. The predicted octanol–water partition coefficient (Wildman–Crippen LogP) is 1.51. The van der Waals surface area contributed by atoms with Crippen LogP contribution in [-0.2, 0) is 4.74 Å². The minimum atomic E-state index is -1.16. The van der Waals surface area contributed by atoms with Crippen LogP contribution in [0.15, 0.2) is 22.7 Å². The number of nitrogens with zero attached hydrogens (tertiary/aromatic N) is 1. The largest absolute Gasteiger partial charge is 0.476 e. The second-order valence-corrected chi connectivity index (χ2v) is 3.02. The van der Waals surface area contributed by atoms with Crippen molar-refractivity contribution in [3.8, 4) is 5.75 Å². The van der Waals surface area contributed by atoms with Gasteiger partial charge in [-0.2, -0.15) is 0 Å². The van der Waals surface area contributed by atoms with Crippen LogP contribution in [0.5, 0.6) is 5.75 Å². The van der Waals surface area contributed by atoms with Crippen molar-refractivity contribution in [2.75, 3.05) is 13.9 Å². The lowest BCUT2D eigenvalue weighted by atomic mass is 10.2. The molecule has 0 aliphatic rings. The summed E-state index contributed by atoms with van der Waals surface area (Å²) in [6.45, 7) is 0.0311. The Labute approximate surface area is 90.4 Å². The molecule has 0 aliphatic heterocycles. The fourth-order valence-corrected chi connectivity index (χ4v) is 1.35. The quantitative estimate of drug-likeness (QED) is 0.791. The van der Waals surface area contributed by atoms with Gasteiger partial charge in [0.15, 0.2) is 12.4 Å². The van der Waals surface area contributed by atoms with E-state index in [1.165, 1.54) is 7.11 Å². The van der Waals surface area contributed by atoms with E-state index in [9.17, 15) is 4.79 Å². The molecule has 0 aliphatic carbocycles. The van der Waals surface area contributed by atoms with Crippen molar-refractivity contribution in [3.05, 3.63) is 23.9 Å². The van der Waals surface area contributed by atoms with E-state index >= 15 is 0 Å². The zero-order valence-corrected chi connectivity index (χ0v) is 8.47. The van der Waals surface area contributed by atoms with E-state index in [1.807, 2.05) is 0 Å². The summed E-state index contributed by atoms with van der Waals surface area (Å²) in [7, 11) is 1.48. The van der Waals surface area contributed by atoms with Gasteiger partial charge in [0.2, 0.25) is 5.69 Å². The molecule has 0 fully saturated rings. The number of rotatable bonds is 4. The number of methoxy groups -OCH3 is 1. The predicted molar refractivity (Wildman–Crippen MR) is 53.5 cm³/mol. The molecule has 2 aromatic rings. The lowest BCUT2D eigenvalue weighted by Crippen LogP contribution is -2.01. The van der Waals surface area contributed by atoms with E-state index in [0.29, 0.717) is 16.7 Å². The van der Waals surface area contributed by atoms with Crippen molar-refractivity contribution in [2.24, 2.45) is 0 Å². The Kier molecular flexibility index (Phi) is 2.74. The first kappa shape index (κ1) is 10.4. The number of benzene rings is 1. The van der Waals surface area contributed by atoms with Crippen LogP contribution in [0.25, 0.3) is 11.0 Å². The Morgan fingerprint density at radius 3 is 3.06 bits per heavy atom. The average molecular weight is 223 g/mol. The normalized spacial score (nSPS) is 10.6. The maximum absolute atomic E-state index is 10.9. The Morgan fingerprint density at radius 2 is 2.38 bits per heavy atom. The van der Waals surface area contributed by atoms with Gasteiger partial charge in [-0.3, -0.25) is 0 Å². The molecule has 1 N–H and O–H groups in total. The Hall–Kier alpha value is -2.08. The van der Waals surface area contributed by atoms with Gasteiger partial charge in [0.25, 0.3) is 0 Å². The molecule has 6 nitrogen and oxygen atoms in total. The van der Waals surface area contributed by atoms with Crippen molar-refractivity contribution in [1.82, 2.24) is 5.16 Å². The van der Waals surface area contributed by atoms with Crippen LogP contribution in [0.2, 0.25) is 0 Å². The van der Waals surface area contributed by atoms with Gasteiger partial charge in [-0.15, -0.1) is 0 Å². The highest BCUT2D eigenvalue weighted by molar-refractivity contribution is 6.02. The highest BCUT2D eigenvalue weighted by Crippen LogP contribution is 2.28. The molecule has 0 amide bonds. The zero-order valence-electron chi connectivity index (χ0n) is 8.47. The van der Waals surface area contributed by atoms with Gasteiger partial charge in [0.05, 0.1) is 5.39 Å². The number of carboxylic acids is 1. The molecule has 1 heterocycles. The van der Waals surface area contributed by atoms with Crippen LogP contribution in [0.4, 0.5) is 0 Å². The number of aromatic carboxylic acids is 1. The standard InChI is InChI=1S/C10H9NO5/c1-14-5-15-6-3-2-4-7-8(6)9(10(12)13)11-16-7/h2-4H,5H2,1H3,(H,12,13). The van der Waals surface area contributed by atoms with Crippen molar-refractivity contribution in [1.29, 1.82) is 0 Å². The van der Waals surface area contributed by atoms with Gasteiger partial charge in [0, 0.05) is 7.11 Å². The number of ether oxygens (including phenoxy) is 2. The number of hydrogen-bond donors (Lipinski definition) is 1. The molecule has 1 aromatic carbocycles. The molecule has 0 bridgehead atoms. The lowest BCUT2D eigenvalue weighted by molar-refractivity contribution is 0.0520. The van der Waals surface area contributed by atoms with Crippen molar-refractivity contribution in [2.45, 2.75) is 0 Å². The summed E-state index contributed by atoms with van der Waals surface area (Å²) in [5.74, 6) is -0.787. The number of carboxylic acid groups (broad SMARTS) is 1. The number of aromatic nitrogens is 1. The van der Waals surface area contributed by atoms with Crippen LogP contribution >= 0.6 is 0 Å². The molecule has 0 saturated heterocycles. The molecule has 0 saturated carbocycles. The van der Waals surface area contributed by atoms with Crippen LogP contribution in [0, 0.1) is 0 Å².